The summed E-state index contributed by atoms with van der Waals surface area (Å²) in [4.78, 5) is 13.7. The Balaban J connectivity index is 1.20. The Bertz CT molecular complexity index is 641. The van der Waals surface area contributed by atoms with Crippen LogP contribution in [0.5, 0.6) is 5.75 Å². The van der Waals surface area contributed by atoms with Crippen LogP contribution in [-0.4, -0.2) is 43.6 Å². The summed E-state index contributed by atoms with van der Waals surface area (Å²) in [5, 5.41) is 3.43. The quantitative estimate of drug-likeness (QED) is 0.813. The first kappa shape index (κ1) is 17.8. The lowest BCUT2D eigenvalue weighted by Gasteiger charge is -2.31. The molecular weight excluding hydrogens is 331 g/mol. The van der Waals surface area contributed by atoms with Gasteiger partial charge in [0.2, 0.25) is 5.91 Å². The molecule has 142 valence electrons. The molecule has 1 amide bonds. The third-order valence-corrected chi connectivity index (χ3v) is 6.30. The van der Waals surface area contributed by atoms with Gasteiger partial charge in [0, 0.05) is 19.2 Å². The second-order valence-electron chi connectivity index (χ2n) is 8.05. The van der Waals surface area contributed by atoms with E-state index in [0.29, 0.717) is 17.9 Å². The predicted molar refractivity (Wildman–Crippen MR) is 98.6 cm³/mol. The monoisotopic (exact) mass is 360 g/mol. The fraction of sp³-hybridized carbons (Fsp3) is 0.667. The van der Waals surface area contributed by atoms with Crippen LogP contribution in [0.3, 0.4) is 0 Å². The molecule has 2 saturated heterocycles. The molecule has 2 heterocycles. The molecule has 1 aliphatic carbocycles. The Morgan fingerprint density at radius 2 is 2.08 bits per heavy atom. The van der Waals surface area contributed by atoms with E-state index in [0.717, 1.165) is 56.8 Å². The first-order chi connectivity index (χ1) is 12.7. The highest BCUT2D eigenvalue weighted by Crippen LogP contribution is 2.49. The SMILES string of the molecule is O=C(Cc1ccc(OCC[C@@H]2C[C@@H]2C2CCNCC2)cc1F)N1CCC1. The summed E-state index contributed by atoms with van der Waals surface area (Å²) in [5.74, 6) is 2.81. The molecule has 1 saturated carbocycles. The second-order valence-corrected chi connectivity index (χ2v) is 8.05. The van der Waals surface area contributed by atoms with Gasteiger partial charge in [-0.2, -0.15) is 0 Å². The van der Waals surface area contributed by atoms with Crippen molar-refractivity contribution < 1.29 is 13.9 Å². The molecule has 0 unspecified atom stereocenters. The molecule has 0 radical (unpaired) electrons. The van der Waals surface area contributed by atoms with Crippen LogP contribution in [0.15, 0.2) is 18.2 Å². The Kier molecular flexibility index (Phi) is 5.44. The zero-order valence-electron chi connectivity index (χ0n) is 15.4. The predicted octanol–water partition coefficient (Wildman–Crippen LogP) is 3.01. The summed E-state index contributed by atoms with van der Waals surface area (Å²) in [6.07, 6.45) is 6.22. The van der Waals surface area contributed by atoms with Crippen molar-refractivity contribution in [1.29, 1.82) is 0 Å². The average molecular weight is 360 g/mol. The summed E-state index contributed by atoms with van der Waals surface area (Å²) < 4.78 is 20.0. The Morgan fingerprint density at radius 1 is 1.27 bits per heavy atom. The number of ether oxygens (including phenoxy) is 1. The van der Waals surface area contributed by atoms with Crippen molar-refractivity contribution in [3.05, 3.63) is 29.6 Å². The van der Waals surface area contributed by atoms with Crippen LogP contribution in [0.25, 0.3) is 0 Å². The summed E-state index contributed by atoms with van der Waals surface area (Å²) in [7, 11) is 0. The Morgan fingerprint density at radius 3 is 2.77 bits per heavy atom. The molecule has 1 N–H and O–H groups in total. The maximum absolute atomic E-state index is 14.2. The summed E-state index contributed by atoms with van der Waals surface area (Å²) in [6, 6.07) is 4.91. The highest BCUT2D eigenvalue weighted by atomic mass is 19.1. The number of hydrogen-bond acceptors (Lipinski definition) is 3. The second kappa shape index (κ2) is 7.95. The standard InChI is InChI=1S/C21H29FN2O2/c22-20-14-18(3-2-17(20)13-21(25)24-9-1-10-24)26-11-6-16-12-19(16)15-4-7-23-8-5-15/h2-3,14-16,19,23H,1,4-13H2/t16-,19-/m1/s1. The fourth-order valence-electron chi connectivity index (χ4n) is 4.38. The van der Waals surface area contributed by atoms with Crippen molar-refractivity contribution in [1.82, 2.24) is 10.2 Å². The van der Waals surface area contributed by atoms with Crippen LogP contribution in [-0.2, 0) is 11.2 Å². The normalized spacial score (nSPS) is 25.7. The van der Waals surface area contributed by atoms with E-state index in [1.54, 1.807) is 17.0 Å². The first-order valence-corrected chi connectivity index (χ1v) is 10.1. The van der Waals surface area contributed by atoms with E-state index < -0.39 is 0 Å². The van der Waals surface area contributed by atoms with Gasteiger partial charge < -0.3 is 15.0 Å². The summed E-state index contributed by atoms with van der Waals surface area (Å²) >= 11 is 0. The van der Waals surface area contributed by atoms with Gasteiger partial charge in [0.25, 0.3) is 0 Å². The van der Waals surface area contributed by atoms with Crippen molar-refractivity contribution in [2.45, 2.75) is 38.5 Å². The number of carbonyl (C=O) groups excluding carboxylic acids is 1. The molecule has 0 aromatic heterocycles. The molecular formula is C21H29FN2O2. The highest BCUT2D eigenvalue weighted by molar-refractivity contribution is 5.79. The van der Waals surface area contributed by atoms with Gasteiger partial charge in [-0.25, -0.2) is 4.39 Å². The molecule has 2 atom stereocenters. The molecule has 1 aromatic carbocycles. The van der Waals surface area contributed by atoms with Gasteiger partial charge >= 0.3 is 0 Å². The molecule has 1 aromatic rings. The van der Waals surface area contributed by atoms with E-state index in [1.807, 2.05) is 0 Å². The van der Waals surface area contributed by atoms with E-state index in [4.69, 9.17) is 4.74 Å². The first-order valence-electron chi connectivity index (χ1n) is 10.1. The largest absolute Gasteiger partial charge is 0.493 e. The van der Waals surface area contributed by atoms with Crippen molar-refractivity contribution in [3.8, 4) is 5.75 Å². The number of piperidine rings is 1. The number of hydrogen-bond donors (Lipinski definition) is 1. The van der Waals surface area contributed by atoms with Crippen LogP contribution in [0.2, 0.25) is 0 Å². The van der Waals surface area contributed by atoms with Gasteiger partial charge in [-0.3, -0.25) is 4.79 Å². The fourth-order valence-corrected chi connectivity index (χ4v) is 4.38. The van der Waals surface area contributed by atoms with Crippen molar-refractivity contribution in [3.63, 3.8) is 0 Å². The number of likely N-dealkylation sites (tertiary alicyclic amines) is 1. The van der Waals surface area contributed by atoms with E-state index in [2.05, 4.69) is 5.32 Å². The van der Waals surface area contributed by atoms with Crippen LogP contribution >= 0.6 is 0 Å². The molecule has 4 rings (SSSR count). The smallest absolute Gasteiger partial charge is 0.227 e. The third kappa shape index (κ3) is 4.20. The minimum absolute atomic E-state index is 0.0153. The lowest BCUT2D eigenvalue weighted by atomic mass is 9.91. The molecule has 5 heteroatoms. The maximum atomic E-state index is 14.2. The average Bonchev–Trinajstić information content (AvgIpc) is 3.36. The van der Waals surface area contributed by atoms with Gasteiger partial charge in [-0.15, -0.1) is 0 Å². The van der Waals surface area contributed by atoms with Gasteiger partial charge in [0.1, 0.15) is 11.6 Å². The van der Waals surface area contributed by atoms with Crippen LogP contribution in [0.1, 0.15) is 37.7 Å². The molecule has 2 aliphatic heterocycles. The molecule has 4 nitrogen and oxygen atoms in total. The lowest BCUT2D eigenvalue weighted by Crippen LogP contribution is -2.42. The number of amides is 1. The maximum Gasteiger partial charge on any atom is 0.227 e. The summed E-state index contributed by atoms with van der Waals surface area (Å²) in [6.45, 7) is 4.59. The molecule has 26 heavy (non-hydrogen) atoms. The van der Waals surface area contributed by atoms with Crippen LogP contribution in [0, 0.1) is 23.6 Å². The lowest BCUT2D eigenvalue weighted by molar-refractivity contribution is -0.133. The van der Waals surface area contributed by atoms with Gasteiger partial charge in [0.15, 0.2) is 0 Å². The third-order valence-electron chi connectivity index (χ3n) is 6.30. The van der Waals surface area contributed by atoms with Crippen molar-refractivity contribution >= 4 is 5.91 Å². The molecule has 3 aliphatic rings. The topological polar surface area (TPSA) is 41.6 Å². The van der Waals surface area contributed by atoms with Crippen molar-refractivity contribution in [2.24, 2.45) is 17.8 Å². The Hall–Kier alpha value is -1.62. The highest BCUT2D eigenvalue weighted by Gasteiger charge is 2.42. The zero-order valence-corrected chi connectivity index (χ0v) is 15.4. The van der Waals surface area contributed by atoms with E-state index in [9.17, 15) is 9.18 Å². The van der Waals surface area contributed by atoms with Gasteiger partial charge in [0.05, 0.1) is 13.0 Å². The number of benzene rings is 1. The van der Waals surface area contributed by atoms with Gasteiger partial charge in [-0.05, 0) is 74.6 Å². The molecule has 3 fully saturated rings. The van der Waals surface area contributed by atoms with E-state index in [1.165, 1.54) is 25.3 Å². The van der Waals surface area contributed by atoms with E-state index in [-0.39, 0.29) is 18.1 Å². The minimum Gasteiger partial charge on any atom is -0.493 e. The summed E-state index contributed by atoms with van der Waals surface area (Å²) in [5.41, 5.74) is 0.461. The number of carbonyl (C=O) groups is 1. The van der Waals surface area contributed by atoms with E-state index >= 15 is 0 Å². The van der Waals surface area contributed by atoms with Crippen molar-refractivity contribution in [2.75, 3.05) is 32.8 Å². The molecule has 0 spiro atoms. The minimum atomic E-state index is -0.338. The number of halogens is 1. The van der Waals surface area contributed by atoms with Crippen LogP contribution < -0.4 is 10.1 Å². The Labute approximate surface area is 155 Å². The number of nitrogens with one attached hydrogen (secondary N) is 1. The molecule has 0 bridgehead atoms. The number of nitrogens with zero attached hydrogens (tertiary/aromatic N) is 1. The number of rotatable bonds is 7. The van der Waals surface area contributed by atoms with Gasteiger partial charge in [-0.1, -0.05) is 6.07 Å². The zero-order chi connectivity index (χ0) is 17.9. The van der Waals surface area contributed by atoms with Crippen LogP contribution in [0.4, 0.5) is 4.39 Å².